The van der Waals surface area contributed by atoms with Crippen LogP contribution in [0.4, 0.5) is 0 Å². The number of halogens is 1. The Morgan fingerprint density at radius 3 is 3.00 bits per heavy atom. The maximum Gasteiger partial charge on any atom is 0.352 e. The lowest BCUT2D eigenvalue weighted by Crippen LogP contribution is -2.27. The average Bonchev–Trinajstić information content (AvgIpc) is 3.23. The minimum absolute atomic E-state index is 0.154. The fourth-order valence-corrected chi connectivity index (χ4v) is 5.27. The van der Waals surface area contributed by atoms with Crippen molar-refractivity contribution in [3.05, 3.63) is 62.1 Å². The molecule has 3 heterocycles. The third-order valence-corrected chi connectivity index (χ3v) is 6.36. The quantitative estimate of drug-likeness (QED) is 0.540. The molecule has 0 saturated heterocycles. The molecule has 0 spiro atoms. The molecule has 5 nitrogen and oxygen atoms in total. The minimum Gasteiger partial charge on any atom is -0.278 e. The van der Waals surface area contributed by atoms with Gasteiger partial charge in [0.25, 0.3) is 0 Å². The van der Waals surface area contributed by atoms with E-state index in [1.54, 1.807) is 11.3 Å². The number of thiophene rings is 1. The summed E-state index contributed by atoms with van der Waals surface area (Å²) >= 11 is 7.85. The molecule has 4 aromatic rings. The van der Waals surface area contributed by atoms with Crippen LogP contribution in [0.15, 0.2) is 35.4 Å². The summed E-state index contributed by atoms with van der Waals surface area (Å²) in [4.78, 5) is 19.8. The smallest absolute Gasteiger partial charge is 0.278 e. The number of benzene rings is 1. The summed E-state index contributed by atoms with van der Waals surface area (Å²) in [5.41, 5.74) is 2.88. The Hall–Kier alpha value is -2.18. The zero-order valence-electron chi connectivity index (χ0n) is 13.4. The largest absolute Gasteiger partial charge is 0.352 e. The van der Waals surface area contributed by atoms with Crippen molar-refractivity contribution in [3.63, 3.8) is 0 Å². The molecule has 0 N–H and O–H groups in total. The summed E-state index contributed by atoms with van der Waals surface area (Å²) in [6, 6.07) is 7.64. The zero-order valence-corrected chi connectivity index (χ0v) is 15.0. The molecule has 0 aliphatic heterocycles. The molecule has 0 unspecified atom stereocenters. The first-order valence-electron chi connectivity index (χ1n) is 8.33. The predicted octanol–water partition coefficient (Wildman–Crippen LogP) is 3.69. The number of fused-ring (bicyclic) bond motifs is 5. The highest BCUT2D eigenvalue weighted by molar-refractivity contribution is 7.19. The lowest BCUT2D eigenvalue weighted by atomic mass is 9.97. The maximum absolute atomic E-state index is 13.0. The molecule has 7 heteroatoms. The van der Waals surface area contributed by atoms with Crippen LogP contribution < -0.4 is 5.69 Å². The highest BCUT2D eigenvalue weighted by atomic mass is 35.5. The van der Waals surface area contributed by atoms with Crippen molar-refractivity contribution in [1.29, 1.82) is 0 Å². The molecule has 1 aliphatic carbocycles. The first kappa shape index (κ1) is 15.1. The second-order valence-electron chi connectivity index (χ2n) is 6.39. The Kier molecular flexibility index (Phi) is 3.43. The molecule has 0 amide bonds. The average molecular weight is 371 g/mol. The third-order valence-electron chi connectivity index (χ3n) is 4.81. The number of rotatable bonds is 2. The second-order valence-corrected chi connectivity index (χ2v) is 7.91. The van der Waals surface area contributed by atoms with Crippen LogP contribution in [0.5, 0.6) is 0 Å². The fourth-order valence-electron chi connectivity index (χ4n) is 3.68. The van der Waals surface area contributed by atoms with E-state index in [1.165, 1.54) is 34.1 Å². The van der Waals surface area contributed by atoms with Crippen molar-refractivity contribution in [3.8, 4) is 0 Å². The summed E-state index contributed by atoms with van der Waals surface area (Å²) < 4.78 is 3.24. The van der Waals surface area contributed by atoms with Gasteiger partial charge in [-0.2, -0.15) is 9.61 Å². The molecule has 3 aromatic heterocycles. The fraction of sp³-hybridized carbons (Fsp3) is 0.278. The van der Waals surface area contributed by atoms with Crippen LogP contribution in [-0.4, -0.2) is 19.2 Å². The van der Waals surface area contributed by atoms with Crippen LogP contribution in [0.1, 0.15) is 28.8 Å². The Bertz CT molecular complexity index is 1170. The van der Waals surface area contributed by atoms with E-state index in [4.69, 9.17) is 11.6 Å². The lowest BCUT2D eigenvalue weighted by molar-refractivity contribution is 0.698. The molecular weight excluding hydrogens is 356 g/mol. The Labute approximate surface area is 152 Å². The van der Waals surface area contributed by atoms with Gasteiger partial charge in [0.05, 0.1) is 11.9 Å². The van der Waals surface area contributed by atoms with E-state index in [0.29, 0.717) is 17.2 Å². The van der Waals surface area contributed by atoms with Gasteiger partial charge in [-0.1, -0.05) is 23.7 Å². The molecule has 0 bridgehead atoms. The summed E-state index contributed by atoms with van der Waals surface area (Å²) in [6.07, 6.45) is 5.99. The normalized spacial score (nSPS) is 14.3. The Morgan fingerprint density at radius 1 is 1.24 bits per heavy atom. The van der Waals surface area contributed by atoms with Crippen LogP contribution in [0.25, 0.3) is 15.9 Å². The van der Waals surface area contributed by atoms with Crippen molar-refractivity contribution in [2.45, 2.75) is 32.2 Å². The molecule has 1 aromatic carbocycles. The first-order valence-corrected chi connectivity index (χ1v) is 9.53. The van der Waals surface area contributed by atoms with E-state index in [-0.39, 0.29) is 5.69 Å². The molecule has 126 valence electrons. The Balaban J connectivity index is 1.83. The number of hydrogen-bond donors (Lipinski definition) is 0. The van der Waals surface area contributed by atoms with Gasteiger partial charge in [0.1, 0.15) is 11.2 Å². The van der Waals surface area contributed by atoms with Gasteiger partial charge in [-0.15, -0.1) is 11.3 Å². The maximum atomic E-state index is 13.0. The molecule has 25 heavy (non-hydrogen) atoms. The van der Waals surface area contributed by atoms with E-state index in [1.807, 2.05) is 28.8 Å². The molecular formula is C18H15ClN4OS. The minimum atomic E-state index is -0.154. The van der Waals surface area contributed by atoms with Crippen LogP contribution in [0, 0.1) is 0 Å². The zero-order chi connectivity index (χ0) is 17.0. The van der Waals surface area contributed by atoms with Gasteiger partial charge in [-0.3, -0.25) is 4.57 Å². The van der Waals surface area contributed by atoms with Crippen molar-refractivity contribution < 1.29 is 0 Å². The van der Waals surface area contributed by atoms with E-state index < -0.39 is 0 Å². The summed E-state index contributed by atoms with van der Waals surface area (Å²) in [5.74, 6) is 0. The SMILES string of the molecule is O=c1n(Cc2cccc(Cl)c2)c2sc3c(c2c2ncnn12)CCCC3. The molecule has 0 fully saturated rings. The number of nitrogens with zero attached hydrogens (tertiary/aromatic N) is 4. The number of hydrogen-bond acceptors (Lipinski definition) is 4. The highest BCUT2D eigenvalue weighted by Gasteiger charge is 2.23. The summed E-state index contributed by atoms with van der Waals surface area (Å²) in [7, 11) is 0. The standard InChI is InChI=1S/C18H15ClN4OS/c19-12-5-3-4-11(8-12)9-22-17-15(13-6-1-2-7-14(13)25-17)16-20-10-21-23(16)18(22)24/h3-5,8,10H,1-2,6-7,9H2. The van der Waals surface area contributed by atoms with E-state index >= 15 is 0 Å². The highest BCUT2D eigenvalue weighted by Crippen LogP contribution is 2.37. The topological polar surface area (TPSA) is 52.2 Å². The van der Waals surface area contributed by atoms with Crippen LogP contribution in [-0.2, 0) is 19.4 Å². The van der Waals surface area contributed by atoms with Gasteiger partial charge in [0.15, 0.2) is 5.65 Å². The van der Waals surface area contributed by atoms with Crippen LogP contribution >= 0.6 is 22.9 Å². The number of aromatic nitrogens is 4. The van der Waals surface area contributed by atoms with E-state index in [9.17, 15) is 4.79 Å². The van der Waals surface area contributed by atoms with E-state index in [0.717, 1.165) is 28.6 Å². The predicted molar refractivity (Wildman–Crippen MR) is 99.8 cm³/mol. The Morgan fingerprint density at radius 2 is 2.12 bits per heavy atom. The monoisotopic (exact) mass is 370 g/mol. The summed E-state index contributed by atoms with van der Waals surface area (Å²) in [6.45, 7) is 0.477. The van der Waals surface area contributed by atoms with Gasteiger partial charge in [-0.05, 0) is 48.9 Å². The van der Waals surface area contributed by atoms with Crippen LogP contribution in [0.2, 0.25) is 5.02 Å². The molecule has 5 rings (SSSR count). The van der Waals surface area contributed by atoms with Crippen molar-refractivity contribution >= 4 is 38.8 Å². The third kappa shape index (κ3) is 2.32. The first-order chi connectivity index (χ1) is 12.2. The van der Waals surface area contributed by atoms with Gasteiger partial charge in [0, 0.05) is 9.90 Å². The van der Waals surface area contributed by atoms with Crippen LogP contribution in [0.3, 0.4) is 0 Å². The van der Waals surface area contributed by atoms with Crippen molar-refractivity contribution in [2.75, 3.05) is 0 Å². The van der Waals surface area contributed by atoms with Gasteiger partial charge >= 0.3 is 5.69 Å². The van der Waals surface area contributed by atoms with Gasteiger partial charge in [0.2, 0.25) is 0 Å². The number of aryl methyl sites for hydroxylation is 2. The molecule has 0 saturated carbocycles. The molecule has 1 aliphatic rings. The van der Waals surface area contributed by atoms with Crippen molar-refractivity contribution in [2.24, 2.45) is 0 Å². The lowest BCUT2D eigenvalue weighted by Gasteiger charge is -2.11. The second kappa shape index (κ2) is 5.68. The van der Waals surface area contributed by atoms with Gasteiger partial charge < -0.3 is 0 Å². The molecule has 0 radical (unpaired) electrons. The van der Waals surface area contributed by atoms with Crippen molar-refractivity contribution in [1.82, 2.24) is 19.2 Å². The molecule has 0 atom stereocenters. The summed E-state index contributed by atoms with van der Waals surface area (Å²) in [5, 5.41) is 5.94. The van der Waals surface area contributed by atoms with Gasteiger partial charge in [-0.25, -0.2) is 9.78 Å². The van der Waals surface area contributed by atoms with E-state index in [2.05, 4.69) is 10.1 Å².